The van der Waals surface area contributed by atoms with E-state index in [1.807, 2.05) is 11.8 Å². The summed E-state index contributed by atoms with van der Waals surface area (Å²) in [4.78, 5) is 3.91. The highest BCUT2D eigenvalue weighted by molar-refractivity contribution is 8.00. The molecule has 1 heterocycles. The van der Waals surface area contributed by atoms with E-state index in [0.717, 1.165) is 25.9 Å². The van der Waals surface area contributed by atoms with Crippen LogP contribution < -0.4 is 0 Å². The summed E-state index contributed by atoms with van der Waals surface area (Å²) in [5.41, 5.74) is 1.35. The van der Waals surface area contributed by atoms with Crippen molar-refractivity contribution in [3.63, 3.8) is 0 Å². The highest BCUT2D eigenvalue weighted by Gasteiger charge is 2.27. The Morgan fingerprint density at radius 3 is 2.83 bits per heavy atom. The van der Waals surface area contributed by atoms with Crippen LogP contribution in [0.4, 0.5) is 0 Å². The van der Waals surface area contributed by atoms with Gasteiger partial charge in [0, 0.05) is 11.5 Å². The van der Waals surface area contributed by atoms with E-state index in [1.54, 1.807) is 0 Å². The molecule has 1 aromatic rings. The van der Waals surface area contributed by atoms with Crippen molar-refractivity contribution in [2.24, 2.45) is 5.92 Å². The fraction of sp³-hybridized carbons (Fsp3) is 0.600. The SMILES string of the molecule is CCN1CCC(CO)CC1Sc1ccccc1C. The zero-order valence-corrected chi connectivity index (χ0v) is 12.1. The van der Waals surface area contributed by atoms with Crippen molar-refractivity contribution >= 4 is 11.8 Å². The molecule has 1 N–H and O–H groups in total. The summed E-state index contributed by atoms with van der Waals surface area (Å²) in [6, 6.07) is 8.58. The first kappa shape index (κ1) is 13.9. The Kier molecular flexibility index (Phi) is 5.10. The molecule has 2 atom stereocenters. The summed E-state index contributed by atoms with van der Waals surface area (Å²) in [5, 5.41) is 9.88. The summed E-state index contributed by atoms with van der Waals surface area (Å²) in [6.07, 6.45) is 2.23. The molecule has 0 spiro atoms. The third kappa shape index (κ3) is 3.28. The van der Waals surface area contributed by atoms with Gasteiger partial charge in [-0.2, -0.15) is 0 Å². The molecule has 1 fully saturated rings. The predicted molar refractivity (Wildman–Crippen MR) is 77.9 cm³/mol. The van der Waals surface area contributed by atoms with Gasteiger partial charge in [0.2, 0.25) is 0 Å². The Bertz CT molecular complexity index is 383. The van der Waals surface area contributed by atoms with Crippen molar-refractivity contribution < 1.29 is 5.11 Å². The average Bonchev–Trinajstić information content (AvgIpc) is 2.41. The molecule has 18 heavy (non-hydrogen) atoms. The third-order valence-electron chi connectivity index (χ3n) is 3.79. The quantitative estimate of drug-likeness (QED) is 0.904. The average molecular weight is 265 g/mol. The lowest BCUT2D eigenvalue weighted by molar-refractivity contribution is 0.122. The Balaban J connectivity index is 2.07. The van der Waals surface area contributed by atoms with Gasteiger partial charge in [-0.1, -0.05) is 25.1 Å². The summed E-state index contributed by atoms with van der Waals surface area (Å²) in [6.45, 7) is 6.95. The van der Waals surface area contributed by atoms with Gasteiger partial charge in [-0.05, 0) is 50.4 Å². The van der Waals surface area contributed by atoms with E-state index in [0.29, 0.717) is 17.9 Å². The maximum Gasteiger partial charge on any atom is 0.0608 e. The third-order valence-corrected chi connectivity index (χ3v) is 5.26. The highest BCUT2D eigenvalue weighted by atomic mass is 32.2. The Hall–Kier alpha value is -0.510. The molecule has 0 saturated carbocycles. The number of aliphatic hydroxyl groups excluding tert-OH is 1. The predicted octanol–water partition coefficient (Wildman–Crippen LogP) is 3.14. The van der Waals surface area contributed by atoms with E-state index in [1.165, 1.54) is 10.5 Å². The van der Waals surface area contributed by atoms with Gasteiger partial charge in [0.15, 0.2) is 0 Å². The molecular weight excluding hydrogens is 242 g/mol. The Morgan fingerprint density at radius 2 is 2.17 bits per heavy atom. The van der Waals surface area contributed by atoms with Gasteiger partial charge in [-0.15, -0.1) is 11.8 Å². The highest BCUT2D eigenvalue weighted by Crippen LogP contribution is 2.35. The first-order chi connectivity index (χ1) is 8.74. The van der Waals surface area contributed by atoms with Crippen LogP contribution >= 0.6 is 11.8 Å². The number of benzene rings is 1. The second kappa shape index (κ2) is 6.60. The largest absolute Gasteiger partial charge is 0.396 e. The van der Waals surface area contributed by atoms with E-state index in [9.17, 15) is 5.11 Å². The molecule has 2 unspecified atom stereocenters. The van der Waals surface area contributed by atoms with E-state index < -0.39 is 0 Å². The van der Waals surface area contributed by atoms with E-state index in [-0.39, 0.29) is 0 Å². The number of hydrogen-bond donors (Lipinski definition) is 1. The van der Waals surface area contributed by atoms with Crippen LogP contribution in [0.2, 0.25) is 0 Å². The minimum atomic E-state index is 0.336. The summed E-state index contributed by atoms with van der Waals surface area (Å²) in [7, 11) is 0. The number of aryl methyl sites for hydroxylation is 1. The molecule has 1 saturated heterocycles. The molecule has 100 valence electrons. The summed E-state index contributed by atoms with van der Waals surface area (Å²) in [5.74, 6) is 0.481. The van der Waals surface area contributed by atoms with Crippen molar-refractivity contribution in [2.75, 3.05) is 19.7 Å². The van der Waals surface area contributed by atoms with Crippen molar-refractivity contribution in [2.45, 2.75) is 37.0 Å². The van der Waals surface area contributed by atoms with Gasteiger partial charge in [0.25, 0.3) is 0 Å². The van der Waals surface area contributed by atoms with Gasteiger partial charge in [-0.25, -0.2) is 0 Å². The van der Waals surface area contributed by atoms with Crippen LogP contribution in [0.1, 0.15) is 25.3 Å². The number of hydrogen-bond acceptors (Lipinski definition) is 3. The second-order valence-electron chi connectivity index (χ2n) is 5.04. The molecule has 0 amide bonds. The number of piperidine rings is 1. The molecule has 1 aliphatic rings. The molecule has 0 aromatic heterocycles. The smallest absolute Gasteiger partial charge is 0.0608 e. The number of likely N-dealkylation sites (tertiary alicyclic amines) is 1. The van der Waals surface area contributed by atoms with Crippen LogP contribution in [0.3, 0.4) is 0 Å². The molecule has 1 aromatic carbocycles. The lowest BCUT2D eigenvalue weighted by atomic mass is 9.98. The monoisotopic (exact) mass is 265 g/mol. The van der Waals surface area contributed by atoms with Crippen molar-refractivity contribution in [3.8, 4) is 0 Å². The topological polar surface area (TPSA) is 23.5 Å². The van der Waals surface area contributed by atoms with Gasteiger partial charge >= 0.3 is 0 Å². The van der Waals surface area contributed by atoms with Crippen molar-refractivity contribution in [1.82, 2.24) is 4.90 Å². The van der Waals surface area contributed by atoms with Crippen LogP contribution in [-0.4, -0.2) is 35.1 Å². The van der Waals surface area contributed by atoms with Crippen molar-refractivity contribution in [1.29, 1.82) is 0 Å². The molecule has 0 aliphatic carbocycles. The van der Waals surface area contributed by atoms with Gasteiger partial charge in [0.1, 0.15) is 0 Å². The van der Waals surface area contributed by atoms with Crippen LogP contribution in [0.15, 0.2) is 29.2 Å². The van der Waals surface area contributed by atoms with Gasteiger partial charge < -0.3 is 5.11 Å². The first-order valence-electron chi connectivity index (χ1n) is 6.81. The minimum absolute atomic E-state index is 0.336. The molecule has 0 bridgehead atoms. The Labute approximate surface area is 114 Å². The van der Waals surface area contributed by atoms with Crippen LogP contribution in [0, 0.1) is 12.8 Å². The van der Waals surface area contributed by atoms with Crippen LogP contribution in [0.5, 0.6) is 0 Å². The molecule has 2 rings (SSSR count). The summed E-state index contributed by atoms with van der Waals surface area (Å²) >= 11 is 1.96. The normalized spacial score (nSPS) is 25.3. The number of nitrogens with zero attached hydrogens (tertiary/aromatic N) is 1. The first-order valence-corrected chi connectivity index (χ1v) is 7.69. The van der Waals surface area contributed by atoms with E-state index in [2.05, 4.69) is 43.0 Å². The standard InChI is InChI=1S/C15H23NOS/c1-3-16-9-8-13(11-17)10-15(16)18-14-7-5-4-6-12(14)2/h4-7,13,15,17H,3,8-11H2,1-2H3. The number of aliphatic hydroxyl groups is 1. The molecule has 3 heteroatoms. The number of rotatable bonds is 4. The lowest BCUT2D eigenvalue weighted by Gasteiger charge is -2.38. The zero-order valence-electron chi connectivity index (χ0n) is 11.3. The van der Waals surface area contributed by atoms with Crippen molar-refractivity contribution in [3.05, 3.63) is 29.8 Å². The van der Waals surface area contributed by atoms with Gasteiger partial charge in [-0.3, -0.25) is 4.90 Å². The fourth-order valence-electron chi connectivity index (χ4n) is 2.53. The van der Waals surface area contributed by atoms with Gasteiger partial charge in [0.05, 0.1) is 5.37 Å². The maximum absolute atomic E-state index is 9.36. The lowest BCUT2D eigenvalue weighted by Crippen LogP contribution is -2.41. The molecule has 1 aliphatic heterocycles. The van der Waals surface area contributed by atoms with E-state index in [4.69, 9.17) is 0 Å². The maximum atomic E-state index is 9.36. The van der Waals surface area contributed by atoms with Crippen LogP contribution in [-0.2, 0) is 0 Å². The number of thioether (sulfide) groups is 1. The van der Waals surface area contributed by atoms with E-state index >= 15 is 0 Å². The second-order valence-corrected chi connectivity index (χ2v) is 6.26. The van der Waals surface area contributed by atoms with Crippen LogP contribution in [0.25, 0.3) is 0 Å². The molecule has 2 nitrogen and oxygen atoms in total. The minimum Gasteiger partial charge on any atom is -0.396 e. The molecule has 0 radical (unpaired) electrons. The summed E-state index contributed by atoms with van der Waals surface area (Å²) < 4.78 is 0. The zero-order chi connectivity index (χ0) is 13.0. The molecular formula is C15H23NOS. The fourth-order valence-corrected chi connectivity index (χ4v) is 4.01. The Morgan fingerprint density at radius 1 is 1.39 bits per heavy atom.